The van der Waals surface area contributed by atoms with Gasteiger partial charge in [-0.05, 0) is 67.0 Å². The fourth-order valence-electron chi connectivity index (χ4n) is 8.45. The van der Waals surface area contributed by atoms with Crippen LogP contribution in [0.1, 0.15) is 67.2 Å². The van der Waals surface area contributed by atoms with Gasteiger partial charge >= 0.3 is 5.97 Å². The second-order valence-corrected chi connectivity index (χ2v) is 18.7. The maximum atomic E-state index is 13.4. The average molecular weight is 515 g/mol. The molecular formula is C30H46O5Si. The van der Waals surface area contributed by atoms with Gasteiger partial charge < -0.3 is 19.1 Å². The standard InChI is InChI=1S/C30H46O5Si/c1-20(2)25-15-22-16-28(18-31)24-12-11-21(3)23(24)17-29(22,30(25,28)26(32)33)19-34-13-9-10-14-35-36(7,8)27(4,5)6/h15,18,20-24H,11-14,16-17,19H2,1-8H3,(H,32,33). The predicted octanol–water partition coefficient (Wildman–Crippen LogP) is 5.95. The minimum absolute atomic E-state index is 0.0591. The molecule has 4 bridgehead atoms. The summed E-state index contributed by atoms with van der Waals surface area (Å²) in [5.74, 6) is 6.54. The van der Waals surface area contributed by atoms with Crippen molar-refractivity contribution in [2.45, 2.75) is 85.4 Å². The fourth-order valence-corrected chi connectivity index (χ4v) is 9.32. The van der Waals surface area contributed by atoms with Crippen LogP contribution < -0.4 is 0 Å². The van der Waals surface area contributed by atoms with Crippen molar-refractivity contribution in [2.24, 2.45) is 45.8 Å². The molecule has 0 aromatic carbocycles. The van der Waals surface area contributed by atoms with Crippen molar-refractivity contribution in [2.75, 3.05) is 19.8 Å². The monoisotopic (exact) mass is 514 g/mol. The summed E-state index contributed by atoms with van der Waals surface area (Å²) in [6.07, 6.45) is 6.77. The number of ether oxygens (including phenoxy) is 1. The van der Waals surface area contributed by atoms with E-state index in [0.29, 0.717) is 31.5 Å². The average Bonchev–Trinajstić information content (AvgIpc) is 3.35. The van der Waals surface area contributed by atoms with E-state index in [1.807, 2.05) is 0 Å². The van der Waals surface area contributed by atoms with Crippen molar-refractivity contribution in [1.29, 1.82) is 0 Å². The van der Waals surface area contributed by atoms with Gasteiger partial charge in [0.15, 0.2) is 8.32 Å². The van der Waals surface area contributed by atoms with Crippen LogP contribution in [0.4, 0.5) is 0 Å². The lowest BCUT2D eigenvalue weighted by Crippen LogP contribution is -2.63. The molecule has 200 valence electrons. The number of fused-ring (bicyclic) bond motifs is 2. The minimum atomic E-state index is -1.84. The zero-order valence-electron chi connectivity index (χ0n) is 23.6. The summed E-state index contributed by atoms with van der Waals surface area (Å²) in [5.41, 5.74) is -1.64. The van der Waals surface area contributed by atoms with E-state index in [9.17, 15) is 14.7 Å². The topological polar surface area (TPSA) is 72.8 Å². The molecule has 3 saturated carbocycles. The van der Waals surface area contributed by atoms with Crippen LogP contribution in [0.3, 0.4) is 0 Å². The van der Waals surface area contributed by atoms with Gasteiger partial charge in [0, 0.05) is 5.41 Å². The Morgan fingerprint density at radius 2 is 1.89 bits per heavy atom. The number of carboxylic acid groups (broad SMARTS) is 1. The molecule has 0 aliphatic heterocycles. The molecule has 0 radical (unpaired) electrons. The number of carboxylic acids is 1. The molecule has 7 atom stereocenters. The summed E-state index contributed by atoms with van der Waals surface area (Å²) in [6, 6.07) is 0. The Balaban J connectivity index is 1.59. The second kappa shape index (κ2) is 9.10. The van der Waals surface area contributed by atoms with Crippen molar-refractivity contribution in [3.63, 3.8) is 0 Å². The Bertz CT molecular complexity index is 997. The van der Waals surface area contributed by atoms with Gasteiger partial charge in [-0.1, -0.05) is 71.5 Å². The molecule has 0 aromatic rings. The smallest absolute Gasteiger partial charge is 0.315 e. The lowest BCUT2D eigenvalue weighted by molar-refractivity contribution is -0.186. The van der Waals surface area contributed by atoms with Gasteiger partial charge in [0.25, 0.3) is 0 Å². The first-order valence-electron chi connectivity index (χ1n) is 13.8. The minimum Gasteiger partial charge on any atom is -0.481 e. The number of hydrogen-bond donors (Lipinski definition) is 1. The molecule has 0 spiro atoms. The molecule has 0 amide bonds. The fraction of sp³-hybridized carbons (Fsp3) is 0.800. The number of aldehydes is 1. The summed E-state index contributed by atoms with van der Waals surface area (Å²) >= 11 is 0. The van der Waals surface area contributed by atoms with E-state index in [-0.39, 0.29) is 29.4 Å². The zero-order valence-corrected chi connectivity index (χ0v) is 24.6. The van der Waals surface area contributed by atoms with Gasteiger partial charge in [0.05, 0.1) is 18.6 Å². The Morgan fingerprint density at radius 3 is 2.47 bits per heavy atom. The van der Waals surface area contributed by atoms with Crippen LogP contribution in [0, 0.1) is 57.7 Å². The van der Waals surface area contributed by atoms with Crippen molar-refractivity contribution < 1.29 is 23.9 Å². The summed E-state index contributed by atoms with van der Waals surface area (Å²) < 4.78 is 12.4. The number of hydrogen-bond acceptors (Lipinski definition) is 4. The van der Waals surface area contributed by atoms with Crippen LogP contribution >= 0.6 is 0 Å². The first-order chi connectivity index (χ1) is 16.7. The van der Waals surface area contributed by atoms with Crippen LogP contribution in [0.25, 0.3) is 0 Å². The molecule has 5 nitrogen and oxygen atoms in total. The molecule has 0 aromatic heterocycles. The quantitative estimate of drug-likeness (QED) is 0.142. The SMILES string of the molecule is CC(C)C1=CC2CC3(C=O)C4CCC(C)C4CC2(COCC#CCO[Si](C)(C)C(C)(C)C)C13C(=O)O. The van der Waals surface area contributed by atoms with E-state index < -0.39 is 30.5 Å². The Labute approximate surface area is 218 Å². The lowest BCUT2D eigenvalue weighted by Gasteiger charge is -2.58. The third kappa shape index (κ3) is 3.56. The van der Waals surface area contributed by atoms with Gasteiger partial charge in [0.1, 0.15) is 18.3 Å². The van der Waals surface area contributed by atoms with Gasteiger partial charge in [-0.3, -0.25) is 4.79 Å². The van der Waals surface area contributed by atoms with Crippen LogP contribution in [0.5, 0.6) is 0 Å². The number of carbonyl (C=O) groups excluding carboxylic acids is 1. The Kier molecular flexibility index (Phi) is 6.98. The predicted molar refractivity (Wildman–Crippen MR) is 144 cm³/mol. The lowest BCUT2D eigenvalue weighted by atomic mass is 9.43. The summed E-state index contributed by atoms with van der Waals surface area (Å²) in [6.45, 7) is 18.5. The van der Waals surface area contributed by atoms with E-state index >= 15 is 0 Å². The molecule has 7 unspecified atom stereocenters. The third-order valence-electron chi connectivity index (χ3n) is 11.1. The highest BCUT2D eigenvalue weighted by Crippen LogP contribution is 2.82. The highest BCUT2D eigenvalue weighted by atomic mass is 28.4. The maximum Gasteiger partial charge on any atom is 0.315 e. The first kappa shape index (κ1) is 27.6. The summed E-state index contributed by atoms with van der Waals surface area (Å²) in [7, 11) is -1.84. The molecule has 0 saturated heterocycles. The van der Waals surface area contributed by atoms with Crippen molar-refractivity contribution in [1.82, 2.24) is 0 Å². The Hall–Kier alpha value is -1.42. The van der Waals surface area contributed by atoms with Crippen molar-refractivity contribution in [3.05, 3.63) is 11.6 Å². The molecule has 3 fully saturated rings. The number of rotatable bonds is 8. The van der Waals surface area contributed by atoms with Gasteiger partial charge in [0.2, 0.25) is 0 Å². The largest absolute Gasteiger partial charge is 0.481 e. The normalized spacial score (nSPS) is 39.0. The van der Waals surface area contributed by atoms with E-state index in [2.05, 4.69) is 72.6 Å². The number of aliphatic carboxylic acids is 1. The molecule has 4 aliphatic carbocycles. The molecule has 36 heavy (non-hydrogen) atoms. The first-order valence-corrected chi connectivity index (χ1v) is 16.7. The number of carbonyl (C=O) groups is 2. The van der Waals surface area contributed by atoms with Crippen LogP contribution in [-0.2, 0) is 18.8 Å². The summed E-state index contributed by atoms with van der Waals surface area (Å²) in [5, 5.41) is 11.1. The van der Waals surface area contributed by atoms with Gasteiger partial charge in [-0.25, -0.2) is 0 Å². The number of allylic oxidation sites excluding steroid dienone is 1. The van der Waals surface area contributed by atoms with Gasteiger partial charge in [-0.15, -0.1) is 0 Å². The second-order valence-electron chi connectivity index (χ2n) is 13.9. The van der Waals surface area contributed by atoms with E-state index in [1.54, 1.807) is 0 Å². The molecule has 4 aliphatic rings. The van der Waals surface area contributed by atoms with E-state index in [4.69, 9.17) is 9.16 Å². The van der Waals surface area contributed by atoms with Gasteiger partial charge in [-0.2, -0.15) is 0 Å². The third-order valence-corrected chi connectivity index (χ3v) is 15.6. The van der Waals surface area contributed by atoms with Crippen LogP contribution in [-0.4, -0.2) is 45.5 Å². The van der Waals surface area contributed by atoms with Crippen molar-refractivity contribution in [3.8, 4) is 11.8 Å². The molecule has 1 N–H and O–H groups in total. The van der Waals surface area contributed by atoms with E-state index in [0.717, 1.165) is 31.1 Å². The molecule has 4 rings (SSSR count). The Morgan fingerprint density at radius 1 is 1.22 bits per heavy atom. The highest BCUT2D eigenvalue weighted by Gasteiger charge is 2.84. The molecule has 6 heteroatoms. The zero-order chi connectivity index (χ0) is 26.7. The van der Waals surface area contributed by atoms with Crippen LogP contribution in [0.15, 0.2) is 11.6 Å². The molecule has 0 heterocycles. The van der Waals surface area contributed by atoms with Crippen molar-refractivity contribution >= 4 is 20.6 Å². The maximum absolute atomic E-state index is 13.4. The summed E-state index contributed by atoms with van der Waals surface area (Å²) in [4.78, 5) is 26.4. The van der Waals surface area contributed by atoms with E-state index in [1.165, 1.54) is 0 Å². The van der Waals surface area contributed by atoms with Crippen LogP contribution in [0.2, 0.25) is 18.1 Å². The molecular weight excluding hydrogens is 468 g/mol. The highest BCUT2D eigenvalue weighted by molar-refractivity contribution is 6.74.